The van der Waals surface area contributed by atoms with Crippen LogP contribution in [0.5, 0.6) is 0 Å². The summed E-state index contributed by atoms with van der Waals surface area (Å²) in [5, 5.41) is 3.96. The largest absolute Gasteiger partial charge is 0.314 e. The minimum absolute atomic E-state index is 0.811. The van der Waals surface area contributed by atoms with Crippen molar-refractivity contribution in [2.24, 2.45) is 17.8 Å². The summed E-state index contributed by atoms with van der Waals surface area (Å²) in [5.41, 5.74) is 0. The van der Waals surface area contributed by atoms with Gasteiger partial charge in [-0.15, -0.1) is 0 Å². The summed E-state index contributed by atoms with van der Waals surface area (Å²) in [7, 11) is 2.35. The van der Waals surface area contributed by atoms with Crippen molar-refractivity contribution in [3.63, 3.8) is 0 Å². The van der Waals surface area contributed by atoms with Gasteiger partial charge in [0.1, 0.15) is 0 Å². The summed E-state index contributed by atoms with van der Waals surface area (Å²) in [6, 6.07) is 2.61. The maximum absolute atomic E-state index is 3.96. The van der Waals surface area contributed by atoms with Crippen LogP contribution >= 0.6 is 0 Å². The number of nitrogens with one attached hydrogen (secondary N) is 1. The molecule has 0 aromatic carbocycles. The van der Waals surface area contributed by atoms with E-state index in [0.717, 1.165) is 35.9 Å². The highest BCUT2D eigenvalue weighted by Gasteiger charge is 2.38. The van der Waals surface area contributed by atoms with Crippen LogP contribution < -0.4 is 5.32 Å². The van der Waals surface area contributed by atoms with Gasteiger partial charge in [-0.3, -0.25) is 0 Å². The minimum Gasteiger partial charge on any atom is -0.314 e. The number of piperidine rings is 1. The molecular formula is C19H36N2. The molecule has 1 N–H and O–H groups in total. The molecule has 0 aromatic rings. The van der Waals surface area contributed by atoms with Gasteiger partial charge in [0.25, 0.3) is 0 Å². The second kappa shape index (κ2) is 7.00. The normalized spacial score (nSPS) is 41.4. The van der Waals surface area contributed by atoms with Crippen molar-refractivity contribution in [1.29, 1.82) is 0 Å². The molecule has 2 aliphatic heterocycles. The second-order valence-corrected chi connectivity index (χ2v) is 8.51. The monoisotopic (exact) mass is 292 g/mol. The Morgan fingerprint density at radius 1 is 0.952 bits per heavy atom. The van der Waals surface area contributed by atoms with Crippen LogP contribution in [0.3, 0.4) is 0 Å². The molecule has 0 radical (unpaired) electrons. The third-order valence-electron chi connectivity index (χ3n) is 6.85. The van der Waals surface area contributed by atoms with E-state index in [2.05, 4.69) is 31.1 Å². The molecular weight excluding hydrogens is 256 g/mol. The lowest BCUT2D eigenvalue weighted by Crippen LogP contribution is -2.44. The van der Waals surface area contributed by atoms with Gasteiger partial charge in [-0.2, -0.15) is 0 Å². The zero-order valence-corrected chi connectivity index (χ0v) is 14.5. The molecule has 1 saturated carbocycles. The number of rotatable bonds is 4. The van der Waals surface area contributed by atoms with Crippen LogP contribution in [0.4, 0.5) is 0 Å². The van der Waals surface area contributed by atoms with Gasteiger partial charge < -0.3 is 10.2 Å². The van der Waals surface area contributed by atoms with Gasteiger partial charge in [0, 0.05) is 18.1 Å². The fraction of sp³-hybridized carbons (Fsp3) is 1.00. The highest BCUT2D eigenvalue weighted by atomic mass is 15.2. The number of hydrogen-bond acceptors (Lipinski definition) is 2. The number of hydrogen-bond donors (Lipinski definition) is 1. The second-order valence-electron chi connectivity index (χ2n) is 8.51. The van der Waals surface area contributed by atoms with E-state index in [1.54, 1.807) is 0 Å². The van der Waals surface area contributed by atoms with E-state index in [-0.39, 0.29) is 0 Å². The predicted molar refractivity (Wildman–Crippen MR) is 90.5 cm³/mol. The first-order chi connectivity index (χ1) is 10.1. The van der Waals surface area contributed by atoms with Crippen molar-refractivity contribution in [2.45, 2.75) is 89.8 Å². The van der Waals surface area contributed by atoms with Crippen LogP contribution in [0.1, 0.15) is 71.6 Å². The summed E-state index contributed by atoms with van der Waals surface area (Å²) < 4.78 is 0. The third kappa shape index (κ3) is 3.82. The SMILES string of the molecule is CC(C)C1CCCC(NCC2CC3CCC(C2)N3C)CC1. The van der Waals surface area contributed by atoms with Crippen LogP contribution in [0.25, 0.3) is 0 Å². The van der Waals surface area contributed by atoms with Crippen LogP contribution in [-0.2, 0) is 0 Å². The summed E-state index contributed by atoms with van der Waals surface area (Å²) >= 11 is 0. The quantitative estimate of drug-likeness (QED) is 0.786. The van der Waals surface area contributed by atoms with Crippen LogP contribution in [0.15, 0.2) is 0 Å². The molecule has 1 aliphatic carbocycles. The van der Waals surface area contributed by atoms with Gasteiger partial charge in [-0.1, -0.05) is 26.7 Å². The Morgan fingerprint density at radius 3 is 2.33 bits per heavy atom. The molecule has 3 fully saturated rings. The standard InChI is InChI=1S/C19H36N2/c1-14(2)16-5-4-6-17(8-7-16)20-13-15-11-18-9-10-19(12-15)21(18)3/h14-20H,4-13H2,1-3H3. The number of fused-ring (bicyclic) bond motifs is 2. The zero-order chi connectivity index (χ0) is 14.8. The van der Waals surface area contributed by atoms with Gasteiger partial charge >= 0.3 is 0 Å². The van der Waals surface area contributed by atoms with Gasteiger partial charge in [0.2, 0.25) is 0 Å². The van der Waals surface area contributed by atoms with E-state index in [9.17, 15) is 0 Å². The predicted octanol–water partition coefficient (Wildman–Crippen LogP) is 4.05. The van der Waals surface area contributed by atoms with E-state index in [1.165, 1.54) is 64.3 Å². The first kappa shape index (κ1) is 15.8. The molecule has 3 aliphatic rings. The molecule has 0 spiro atoms. The Balaban J connectivity index is 1.41. The number of nitrogens with zero attached hydrogens (tertiary/aromatic N) is 1. The Hall–Kier alpha value is -0.0800. The van der Waals surface area contributed by atoms with Crippen molar-refractivity contribution in [3.05, 3.63) is 0 Å². The maximum Gasteiger partial charge on any atom is 0.00988 e. The van der Waals surface area contributed by atoms with Crippen molar-refractivity contribution in [2.75, 3.05) is 13.6 Å². The van der Waals surface area contributed by atoms with Crippen LogP contribution in [0.2, 0.25) is 0 Å². The Bertz CT molecular complexity index is 314. The molecule has 2 nitrogen and oxygen atoms in total. The average Bonchev–Trinajstić information content (AvgIpc) is 2.70. The fourth-order valence-electron chi connectivity index (χ4n) is 5.23. The molecule has 4 unspecified atom stereocenters. The molecule has 0 amide bonds. The molecule has 122 valence electrons. The van der Waals surface area contributed by atoms with Gasteiger partial charge in [-0.05, 0) is 76.3 Å². The third-order valence-corrected chi connectivity index (χ3v) is 6.85. The smallest absolute Gasteiger partial charge is 0.00988 e. The molecule has 4 atom stereocenters. The topological polar surface area (TPSA) is 15.3 Å². The average molecular weight is 293 g/mol. The van der Waals surface area contributed by atoms with E-state index < -0.39 is 0 Å². The molecule has 0 aromatic heterocycles. The minimum atomic E-state index is 0.811. The lowest BCUT2D eigenvalue weighted by atomic mass is 9.89. The van der Waals surface area contributed by atoms with E-state index in [0.29, 0.717) is 0 Å². The molecule has 2 saturated heterocycles. The van der Waals surface area contributed by atoms with Crippen LogP contribution in [-0.4, -0.2) is 36.6 Å². The highest BCUT2D eigenvalue weighted by molar-refractivity contribution is 4.94. The Morgan fingerprint density at radius 2 is 1.67 bits per heavy atom. The van der Waals surface area contributed by atoms with Crippen molar-refractivity contribution in [3.8, 4) is 0 Å². The molecule has 3 rings (SSSR count). The van der Waals surface area contributed by atoms with Crippen molar-refractivity contribution >= 4 is 0 Å². The Kier molecular flexibility index (Phi) is 5.27. The van der Waals surface area contributed by atoms with E-state index in [4.69, 9.17) is 0 Å². The van der Waals surface area contributed by atoms with E-state index >= 15 is 0 Å². The van der Waals surface area contributed by atoms with Crippen LogP contribution in [0, 0.1) is 17.8 Å². The van der Waals surface area contributed by atoms with Gasteiger partial charge in [0.05, 0.1) is 0 Å². The maximum atomic E-state index is 3.96. The van der Waals surface area contributed by atoms with Crippen molar-refractivity contribution in [1.82, 2.24) is 10.2 Å². The summed E-state index contributed by atoms with van der Waals surface area (Å²) in [6.07, 6.45) is 13.0. The zero-order valence-electron chi connectivity index (χ0n) is 14.5. The summed E-state index contributed by atoms with van der Waals surface area (Å²) in [6.45, 7) is 6.11. The lowest BCUT2D eigenvalue weighted by Gasteiger charge is -2.37. The summed E-state index contributed by atoms with van der Waals surface area (Å²) in [5.74, 6) is 2.81. The van der Waals surface area contributed by atoms with E-state index in [1.807, 2.05) is 0 Å². The van der Waals surface area contributed by atoms with Gasteiger partial charge in [-0.25, -0.2) is 0 Å². The molecule has 21 heavy (non-hydrogen) atoms. The Labute approximate surface area is 132 Å². The first-order valence-electron chi connectivity index (χ1n) is 9.58. The fourth-order valence-corrected chi connectivity index (χ4v) is 5.23. The van der Waals surface area contributed by atoms with Gasteiger partial charge in [0.15, 0.2) is 0 Å². The molecule has 2 bridgehead atoms. The lowest BCUT2D eigenvalue weighted by molar-refractivity contribution is 0.130. The first-order valence-corrected chi connectivity index (χ1v) is 9.58. The van der Waals surface area contributed by atoms with Crippen molar-refractivity contribution < 1.29 is 0 Å². The molecule has 2 heteroatoms. The summed E-state index contributed by atoms with van der Waals surface area (Å²) in [4.78, 5) is 2.66. The molecule has 2 heterocycles. The highest BCUT2D eigenvalue weighted by Crippen LogP contribution is 2.37.